The Bertz CT molecular complexity index is 766. The maximum atomic E-state index is 14.6. The Hall–Kier alpha value is -2.11. The summed E-state index contributed by atoms with van der Waals surface area (Å²) in [5, 5.41) is 0. The van der Waals surface area contributed by atoms with Crippen LogP contribution in [0.25, 0.3) is 11.4 Å². The highest BCUT2D eigenvalue weighted by molar-refractivity contribution is 5.57. The first-order valence-electron chi connectivity index (χ1n) is 11.6. The van der Waals surface area contributed by atoms with E-state index in [1.807, 2.05) is 0 Å². The van der Waals surface area contributed by atoms with Crippen molar-refractivity contribution in [2.75, 3.05) is 6.61 Å². The molecule has 31 heavy (non-hydrogen) atoms. The maximum Gasteiger partial charge on any atom is 0.201 e. The Balaban J connectivity index is 1.85. The molecule has 0 spiro atoms. The number of unbranched alkanes of at least 4 members (excludes halogenated alkanes) is 7. The molecule has 0 bridgehead atoms. The Labute approximate surface area is 184 Å². The van der Waals surface area contributed by atoms with Crippen LogP contribution in [0.5, 0.6) is 5.75 Å². The van der Waals surface area contributed by atoms with Gasteiger partial charge in [0.25, 0.3) is 0 Å². The van der Waals surface area contributed by atoms with Gasteiger partial charge in [-0.3, -0.25) is 0 Å². The van der Waals surface area contributed by atoms with Gasteiger partial charge in [-0.1, -0.05) is 51.9 Å². The second kappa shape index (κ2) is 14.0. The van der Waals surface area contributed by atoms with E-state index in [0.29, 0.717) is 13.0 Å². The molecule has 1 aromatic carbocycles. The molecule has 0 aliphatic rings. The molecule has 1 unspecified atom stereocenters. The molecule has 3 nitrogen and oxygen atoms in total. The van der Waals surface area contributed by atoms with Gasteiger partial charge in [0.15, 0.2) is 17.4 Å². The number of aryl methyl sites for hydroxylation is 1. The molecule has 0 fully saturated rings. The molecule has 1 atom stereocenters. The second-order valence-corrected chi connectivity index (χ2v) is 8.15. The quantitative estimate of drug-likeness (QED) is 0.269. The Morgan fingerprint density at radius 3 is 2.26 bits per heavy atom. The molecule has 6 heteroatoms. The maximum absolute atomic E-state index is 14.6. The number of hydrogen-bond acceptors (Lipinski definition) is 3. The predicted octanol–water partition coefficient (Wildman–Crippen LogP) is 7.62. The van der Waals surface area contributed by atoms with Gasteiger partial charge < -0.3 is 4.74 Å². The van der Waals surface area contributed by atoms with Gasteiger partial charge in [0.2, 0.25) is 5.82 Å². The van der Waals surface area contributed by atoms with Gasteiger partial charge in [0, 0.05) is 12.4 Å². The minimum Gasteiger partial charge on any atom is -0.490 e. The molecule has 1 aromatic heterocycles. The fourth-order valence-electron chi connectivity index (χ4n) is 3.43. The van der Waals surface area contributed by atoms with Crippen LogP contribution in [0.3, 0.4) is 0 Å². The lowest BCUT2D eigenvalue weighted by Crippen LogP contribution is -2.03. The van der Waals surface area contributed by atoms with Gasteiger partial charge in [0.1, 0.15) is 0 Å². The normalized spacial score (nSPS) is 12.2. The minimum atomic E-state index is -1.00. The summed E-state index contributed by atoms with van der Waals surface area (Å²) in [7, 11) is 0. The summed E-state index contributed by atoms with van der Waals surface area (Å²) in [5.74, 6) is -1.92. The van der Waals surface area contributed by atoms with Crippen LogP contribution in [-0.2, 0) is 6.42 Å². The number of nitrogens with zero attached hydrogens (tertiary/aromatic N) is 2. The number of halogens is 3. The van der Waals surface area contributed by atoms with Crippen molar-refractivity contribution < 1.29 is 17.9 Å². The molecular weight excluding hydrogens is 401 g/mol. The van der Waals surface area contributed by atoms with Crippen molar-refractivity contribution in [3.8, 4) is 17.1 Å². The van der Waals surface area contributed by atoms with E-state index in [2.05, 4.69) is 16.9 Å². The van der Waals surface area contributed by atoms with E-state index in [9.17, 15) is 13.2 Å². The number of hydrogen-bond donors (Lipinski definition) is 0. The highest BCUT2D eigenvalue weighted by atomic mass is 19.2. The largest absolute Gasteiger partial charge is 0.490 e. The number of alkyl halides is 1. The first kappa shape index (κ1) is 25.2. The van der Waals surface area contributed by atoms with Crippen molar-refractivity contribution in [2.24, 2.45) is 0 Å². The van der Waals surface area contributed by atoms with Crippen molar-refractivity contribution in [2.45, 2.75) is 90.6 Å². The third kappa shape index (κ3) is 8.88. The SMILES string of the molecule is CCCCCCCCOc1ccc(-c2ncc(CCCCCC(C)F)cn2)c(F)c1F. The monoisotopic (exact) mass is 436 g/mol. The zero-order chi connectivity index (χ0) is 22.5. The molecule has 172 valence electrons. The smallest absolute Gasteiger partial charge is 0.201 e. The summed E-state index contributed by atoms with van der Waals surface area (Å²) < 4.78 is 47.2. The second-order valence-electron chi connectivity index (χ2n) is 8.15. The van der Waals surface area contributed by atoms with Crippen LogP contribution in [0.15, 0.2) is 24.5 Å². The molecule has 0 radical (unpaired) electrons. The summed E-state index contributed by atoms with van der Waals surface area (Å²) in [4.78, 5) is 8.40. The van der Waals surface area contributed by atoms with E-state index in [4.69, 9.17) is 4.74 Å². The average Bonchev–Trinajstić information content (AvgIpc) is 2.76. The highest BCUT2D eigenvalue weighted by Gasteiger charge is 2.17. The Morgan fingerprint density at radius 2 is 1.55 bits per heavy atom. The standard InChI is InChI=1S/C25H35F3N2O/c1-3-4-5-6-7-11-16-31-22-15-14-21(23(27)24(22)28)25-29-17-20(18-30-25)13-10-8-9-12-19(2)26/h14-15,17-19H,3-13,16H2,1-2H3. The summed E-state index contributed by atoms with van der Waals surface area (Å²) in [6.45, 7) is 4.11. The molecule has 2 aromatic rings. The Kier molecular flexibility index (Phi) is 11.4. The molecule has 2 rings (SSSR count). The number of ether oxygens (including phenoxy) is 1. The fraction of sp³-hybridized carbons (Fsp3) is 0.600. The molecule has 0 aliphatic heterocycles. The summed E-state index contributed by atoms with van der Waals surface area (Å²) in [6.07, 6.45) is 13.2. The molecule has 0 saturated carbocycles. The van der Waals surface area contributed by atoms with Gasteiger partial charge in [-0.25, -0.2) is 18.7 Å². The average molecular weight is 437 g/mol. The Morgan fingerprint density at radius 1 is 0.871 bits per heavy atom. The van der Waals surface area contributed by atoms with Crippen molar-refractivity contribution in [1.29, 1.82) is 0 Å². The van der Waals surface area contributed by atoms with Gasteiger partial charge in [-0.05, 0) is 50.3 Å². The third-order valence-electron chi connectivity index (χ3n) is 5.32. The van der Waals surface area contributed by atoms with E-state index < -0.39 is 17.8 Å². The molecule has 1 heterocycles. The number of rotatable bonds is 15. The lowest BCUT2D eigenvalue weighted by Gasteiger charge is -2.10. The van der Waals surface area contributed by atoms with Gasteiger partial charge >= 0.3 is 0 Å². The van der Waals surface area contributed by atoms with E-state index in [1.165, 1.54) is 31.4 Å². The molecular formula is C25H35F3N2O. The van der Waals surface area contributed by atoms with E-state index in [-0.39, 0.29) is 17.1 Å². The van der Waals surface area contributed by atoms with E-state index in [0.717, 1.165) is 50.5 Å². The third-order valence-corrected chi connectivity index (χ3v) is 5.32. The van der Waals surface area contributed by atoms with Gasteiger partial charge in [-0.2, -0.15) is 4.39 Å². The number of aromatic nitrogens is 2. The molecule has 0 amide bonds. The van der Waals surface area contributed by atoms with Crippen LogP contribution in [0.2, 0.25) is 0 Å². The predicted molar refractivity (Wildman–Crippen MR) is 119 cm³/mol. The van der Waals surface area contributed by atoms with E-state index >= 15 is 0 Å². The van der Waals surface area contributed by atoms with Gasteiger partial charge in [0.05, 0.1) is 18.3 Å². The van der Waals surface area contributed by atoms with Crippen LogP contribution in [0.4, 0.5) is 13.2 Å². The molecule has 0 aliphatic carbocycles. The van der Waals surface area contributed by atoms with Crippen LogP contribution < -0.4 is 4.74 Å². The minimum absolute atomic E-state index is 0.0212. The van der Waals surface area contributed by atoms with Crippen LogP contribution in [0, 0.1) is 11.6 Å². The van der Waals surface area contributed by atoms with Crippen LogP contribution in [0.1, 0.15) is 83.6 Å². The fourth-order valence-corrected chi connectivity index (χ4v) is 3.43. The lowest BCUT2D eigenvalue weighted by atomic mass is 10.1. The molecule has 0 saturated heterocycles. The number of benzene rings is 1. The lowest BCUT2D eigenvalue weighted by molar-refractivity contribution is 0.285. The van der Waals surface area contributed by atoms with Crippen molar-refractivity contribution >= 4 is 0 Å². The zero-order valence-corrected chi connectivity index (χ0v) is 18.8. The molecule has 0 N–H and O–H groups in total. The highest BCUT2D eigenvalue weighted by Crippen LogP contribution is 2.28. The first-order valence-corrected chi connectivity index (χ1v) is 11.6. The first-order chi connectivity index (χ1) is 15.0. The van der Waals surface area contributed by atoms with Crippen LogP contribution in [-0.4, -0.2) is 22.7 Å². The summed E-state index contributed by atoms with van der Waals surface area (Å²) in [6, 6.07) is 2.90. The van der Waals surface area contributed by atoms with Crippen molar-refractivity contribution in [1.82, 2.24) is 9.97 Å². The summed E-state index contributed by atoms with van der Waals surface area (Å²) in [5.41, 5.74) is 0.949. The van der Waals surface area contributed by atoms with Crippen molar-refractivity contribution in [3.05, 3.63) is 41.7 Å². The van der Waals surface area contributed by atoms with Gasteiger partial charge in [-0.15, -0.1) is 0 Å². The van der Waals surface area contributed by atoms with Crippen LogP contribution >= 0.6 is 0 Å². The summed E-state index contributed by atoms with van der Waals surface area (Å²) >= 11 is 0. The zero-order valence-electron chi connectivity index (χ0n) is 18.8. The topological polar surface area (TPSA) is 35.0 Å². The van der Waals surface area contributed by atoms with E-state index in [1.54, 1.807) is 19.3 Å². The van der Waals surface area contributed by atoms with Crippen molar-refractivity contribution in [3.63, 3.8) is 0 Å².